The number of halogens is 1. The zero-order valence-electron chi connectivity index (χ0n) is 22.4. The molecule has 3 aromatic carbocycles. The molecule has 0 spiro atoms. The summed E-state index contributed by atoms with van der Waals surface area (Å²) in [6.45, 7) is 5.22. The van der Waals surface area contributed by atoms with Gasteiger partial charge in [-0.05, 0) is 82.4 Å². The zero-order chi connectivity index (χ0) is 27.6. The van der Waals surface area contributed by atoms with E-state index in [1.54, 1.807) is 23.9 Å². The summed E-state index contributed by atoms with van der Waals surface area (Å²) in [6.07, 6.45) is 0. The van der Waals surface area contributed by atoms with E-state index in [2.05, 4.69) is 30.3 Å². The second kappa shape index (κ2) is 10.9. The molecule has 1 aliphatic rings. The van der Waals surface area contributed by atoms with Gasteiger partial charge in [0.05, 0.1) is 13.7 Å². The molecular weight excluding hydrogens is 509 g/mol. The van der Waals surface area contributed by atoms with Gasteiger partial charge in [0.15, 0.2) is 5.82 Å². The Kier molecular flexibility index (Phi) is 7.00. The second-order valence-corrected chi connectivity index (χ2v) is 10.1. The van der Waals surface area contributed by atoms with Crippen LogP contribution in [0.2, 0.25) is 0 Å². The molecule has 1 unspecified atom stereocenters. The van der Waals surface area contributed by atoms with Gasteiger partial charge >= 0.3 is 0 Å². The molecule has 3 heterocycles. The summed E-state index contributed by atoms with van der Waals surface area (Å²) in [6, 6.07) is 21.9. The van der Waals surface area contributed by atoms with E-state index in [1.807, 2.05) is 55.5 Å². The van der Waals surface area contributed by atoms with Crippen LogP contribution in [-0.2, 0) is 6.54 Å². The normalized spacial score (nSPS) is 14.9. The number of H-pyrrole nitrogens is 1. The number of benzene rings is 3. The Bertz CT molecular complexity index is 1670. The number of aromatic nitrogens is 5. The summed E-state index contributed by atoms with van der Waals surface area (Å²) < 4.78 is 20.5. The van der Waals surface area contributed by atoms with Crippen LogP contribution < -0.4 is 15.2 Å². The monoisotopic (exact) mass is 539 g/mol. The molecule has 9 nitrogen and oxygen atoms in total. The van der Waals surface area contributed by atoms with Gasteiger partial charge in [-0.3, -0.25) is 9.69 Å². The SMILES string of the molecule is COc1ccc(Cn2nnnc2C(c2cc3ccc(C)cc3[nH]c2=O)N2CCN(c3ccc(F)cc3)CC2)cc1. The van der Waals surface area contributed by atoms with Crippen LogP contribution in [0.15, 0.2) is 77.6 Å². The minimum absolute atomic E-state index is 0.164. The van der Waals surface area contributed by atoms with Crippen molar-refractivity contribution in [1.82, 2.24) is 30.1 Å². The largest absolute Gasteiger partial charge is 0.497 e. The molecule has 2 aromatic heterocycles. The molecule has 5 aromatic rings. The number of hydrogen-bond acceptors (Lipinski definition) is 7. The van der Waals surface area contributed by atoms with E-state index in [0.29, 0.717) is 44.1 Å². The lowest BCUT2D eigenvalue weighted by atomic mass is 10.0. The maximum atomic E-state index is 13.6. The molecule has 0 bridgehead atoms. The summed E-state index contributed by atoms with van der Waals surface area (Å²) in [5, 5.41) is 13.7. The molecule has 0 radical (unpaired) electrons. The molecule has 10 heteroatoms. The lowest BCUT2D eigenvalue weighted by Gasteiger charge is -2.39. The molecule has 1 N–H and O–H groups in total. The van der Waals surface area contributed by atoms with Crippen LogP contribution >= 0.6 is 0 Å². The van der Waals surface area contributed by atoms with Crippen LogP contribution in [0.4, 0.5) is 10.1 Å². The Morgan fingerprint density at radius 3 is 2.45 bits per heavy atom. The van der Waals surface area contributed by atoms with Crippen LogP contribution in [0.5, 0.6) is 5.75 Å². The molecule has 0 saturated carbocycles. The van der Waals surface area contributed by atoms with Gasteiger partial charge in [0.2, 0.25) is 0 Å². The summed E-state index contributed by atoms with van der Waals surface area (Å²) in [4.78, 5) is 21.1. The Balaban J connectivity index is 1.36. The van der Waals surface area contributed by atoms with Gasteiger partial charge in [0, 0.05) is 42.9 Å². The Hall–Kier alpha value is -4.57. The fourth-order valence-corrected chi connectivity index (χ4v) is 5.35. The summed E-state index contributed by atoms with van der Waals surface area (Å²) in [5.74, 6) is 1.12. The summed E-state index contributed by atoms with van der Waals surface area (Å²) in [7, 11) is 1.64. The van der Waals surface area contributed by atoms with Gasteiger partial charge in [-0.25, -0.2) is 9.07 Å². The Morgan fingerprint density at radius 1 is 0.975 bits per heavy atom. The number of ether oxygens (including phenoxy) is 1. The molecule has 0 amide bonds. The molecule has 0 aliphatic carbocycles. The topological polar surface area (TPSA) is 92.2 Å². The second-order valence-electron chi connectivity index (χ2n) is 10.1. The smallest absolute Gasteiger partial charge is 0.253 e. The third-order valence-electron chi connectivity index (χ3n) is 7.49. The van der Waals surface area contributed by atoms with Crippen LogP contribution in [0.1, 0.15) is 28.6 Å². The van der Waals surface area contributed by atoms with Crippen molar-refractivity contribution >= 4 is 16.6 Å². The zero-order valence-corrected chi connectivity index (χ0v) is 22.4. The van der Waals surface area contributed by atoms with Crippen molar-refractivity contribution in [2.75, 3.05) is 38.2 Å². The molecule has 40 heavy (non-hydrogen) atoms. The van der Waals surface area contributed by atoms with Crippen LogP contribution in [0.3, 0.4) is 0 Å². The Labute approximate surface area is 230 Å². The third kappa shape index (κ3) is 5.17. The molecule has 1 saturated heterocycles. The third-order valence-corrected chi connectivity index (χ3v) is 7.49. The van der Waals surface area contributed by atoms with Crippen molar-refractivity contribution in [2.24, 2.45) is 0 Å². The van der Waals surface area contributed by atoms with Crippen LogP contribution in [0, 0.1) is 12.7 Å². The van der Waals surface area contributed by atoms with Gasteiger partial charge in [0.1, 0.15) is 17.6 Å². The highest BCUT2D eigenvalue weighted by Gasteiger charge is 2.33. The molecule has 1 aliphatic heterocycles. The maximum Gasteiger partial charge on any atom is 0.253 e. The predicted molar refractivity (Wildman–Crippen MR) is 151 cm³/mol. The molecule has 204 valence electrons. The van der Waals surface area contributed by atoms with Gasteiger partial charge in [-0.15, -0.1) is 5.10 Å². The van der Waals surface area contributed by atoms with E-state index in [-0.39, 0.29) is 11.4 Å². The number of nitrogens with one attached hydrogen (secondary N) is 1. The number of fused-ring (bicyclic) bond motifs is 1. The first-order valence-electron chi connectivity index (χ1n) is 13.3. The predicted octanol–water partition coefficient (Wildman–Crippen LogP) is 3.93. The lowest BCUT2D eigenvalue weighted by molar-refractivity contribution is 0.200. The fraction of sp³-hybridized carbons (Fsp3) is 0.267. The number of methoxy groups -OCH3 is 1. The molecule has 1 fully saturated rings. The standard InChI is InChI=1S/C30H30FN7O2/c1-20-3-6-22-18-26(30(39)32-27(22)17-20)28(37-15-13-36(14-16-37)24-9-7-23(31)8-10-24)29-33-34-35-38(29)19-21-4-11-25(40-2)12-5-21/h3-12,17-18,28H,13-16,19H2,1-2H3,(H,32,39). The van der Waals surface area contributed by atoms with Crippen LogP contribution in [0.25, 0.3) is 10.9 Å². The quantitative estimate of drug-likeness (QED) is 0.335. The number of piperazine rings is 1. The van der Waals surface area contributed by atoms with Gasteiger partial charge < -0.3 is 14.6 Å². The number of aromatic amines is 1. The van der Waals surface area contributed by atoms with Crippen molar-refractivity contribution < 1.29 is 9.13 Å². The molecule has 6 rings (SSSR count). The fourth-order valence-electron chi connectivity index (χ4n) is 5.35. The number of pyridine rings is 1. The lowest BCUT2D eigenvalue weighted by Crippen LogP contribution is -2.49. The molecule has 1 atom stereocenters. The van der Waals surface area contributed by atoms with Crippen molar-refractivity contribution in [2.45, 2.75) is 19.5 Å². The average Bonchev–Trinajstić information content (AvgIpc) is 3.42. The van der Waals surface area contributed by atoms with Gasteiger partial charge in [-0.2, -0.15) is 0 Å². The van der Waals surface area contributed by atoms with Crippen molar-refractivity contribution in [3.05, 3.63) is 111 Å². The number of hydrogen-bond donors (Lipinski definition) is 1. The van der Waals surface area contributed by atoms with E-state index < -0.39 is 6.04 Å². The van der Waals surface area contributed by atoms with Crippen molar-refractivity contribution in [3.8, 4) is 5.75 Å². The number of nitrogens with zero attached hydrogens (tertiary/aromatic N) is 6. The first-order chi connectivity index (χ1) is 19.5. The minimum atomic E-state index is -0.460. The Morgan fingerprint density at radius 2 is 1.73 bits per heavy atom. The number of tetrazole rings is 1. The first kappa shape index (κ1) is 25.7. The summed E-state index contributed by atoms with van der Waals surface area (Å²) in [5.41, 5.74) is 4.29. The van der Waals surface area contributed by atoms with Gasteiger partial charge in [-0.1, -0.05) is 24.3 Å². The average molecular weight is 540 g/mol. The highest BCUT2D eigenvalue weighted by Crippen LogP contribution is 2.29. The van der Waals surface area contributed by atoms with Crippen molar-refractivity contribution in [1.29, 1.82) is 0 Å². The maximum absolute atomic E-state index is 13.6. The van der Waals surface area contributed by atoms with Gasteiger partial charge in [0.25, 0.3) is 5.56 Å². The van der Waals surface area contributed by atoms with E-state index in [4.69, 9.17) is 4.74 Å². The first-order valence-corrected chi connectivity index (χ1v) is 13.3. The van der Waals surface area contributed by atoms with E-state index in [0.717, 1.165) is 33.5 Å². The minimum Gasteiger partial charge on any atom is -0.497 e. The number of anilines is 1. The van der Waals surface area contributed by atoms with E-state index in [9.17, 15) is 9.18 Å². The molecular formula is C30H30FN7O2. The van der Waals surface area contributed by atoms with Crippen molar-refractivity contribution in [3.63, 3.8) is 0 Å². The highest BCUT2D eigenvalue weighted by atomic mass is 19.1. The highest BCUT2D eigenvalue weighted by molar-refractivity contribution is 5.79. The van der Waals surface area contributed by atoms with Crippen LogP contribution in [-0.4, -0.2) is 63.4 Å². The van der Waals surface area contributed by atoms with E-state index in [1.165, 1.54) is 12.1 Å². The summed E-state index contributed by atoms with van der Waals surface area (Å²) >= 11 is 0. The number of rotatable bonds is 7. The number of aryl methyl sites for hydroxylation is 1. The van der Waals surface area contributed by atoms with E-state index >= 15 is 0 Å².